The molecule has 1 unspecified atom stereocenters. The van der Waals surface area contributed by atoms with E-state index in [1.54, 1.807) is 10.4 Å². The first kappa shape index (κ1) is 14.9. The van der Waals surface area contributed by atoms with E-state index in [2.05, 4.69) is 25.8 Å². The first-order chi connectivity index (χ1) is 8.75. The number of H-pyrrole nitrogens is 1. The van der Waals surface area contributed by atoms with Crippen molar-refractivity contribution < 1.29 is 8.42 Å². The lowest BCUT2D eigenvalue weighted by Gasteiger charge is -2.26. The molecule has 0 aliphatic carbocycles. The predicted molar refractivity (Wildman–Crippen MR) is 76.7 cm³/mol. The predicted octanol–water partition coefficient (Wildman–Crippen LogP) is 2.81. The van der Waals surface area contributed by atoms with Crippen LogP contribution in [-0.4, -0.2) is 30.8 Å². The summed E-state index contributed by atoms with van der Waals surface area (Å²) in [7, 11) is -3.38. The molecule has 1 fully saturated rings. The Balaban J connectivity index is 2.18. The third-order valence-corrected chi connectivity index (χ3v) is 6.00. The number of aromatic nitrogens is 1. The number of rotatable bonds is 3. The van der Waals surface area contributed by atoms with Crippen LogP contribution in [0.1, 0.15) is 32.9 Å². The third-order valence-electron chi connectivity index (χ3n) is 3.87. The molecule has 108 valence electrons. The zero-order valence-electron chi connectivity index (χ0n) is 11.6. The molecule has 0 saturated carbocycles. The number of sulfonamides is 1. The Morgan fingerprint density at radius 1 is 1.47 bits per heavy atom. The summed E-state index contributed by atoms with van der Waals surface area (Å²) >= 11 is 5.69. The molecule has 0 amide bonds. The molecule has 1 aliphatic heterocycles. The maximum absolute atomic E-state index is 12.5. The fraction of sp³-hybridized carbons (Fsp3) is 0.692. The van der Waals surface area contributed by atoms with Crippen molar-refractivity contribution in [3.63, 3.8) is 0 Å². The molecule has 1 aliphatic rings. The van der Waals surface area contributed by atoms with Gasteiger partial charge in [-0.1, -0.05) is 20.8 Å². The van der Waals surface area contributed by atoms with Gasteiger partial charge in [-0.3, -0.25) is 0 Å². The molecule has 1 aromatic rings. The molecule has 0 bridgehead atoms. The second-order valence-electron chi connectivity index (χ2n) is 6.21. The van der Waals surface area contributed by atoms with E-state index in [1.165, 1.54) is 6.20 Å². The number of hydrogen-bond donors (Lipinski definition) is 1. The topological polar surface area (TPSA) is 53.2 Å². The van der Waals surface area contributed by atoms with E-state index in [9.17, 15) is 8.42 Å². The molecular formula is C13H21ClN2O2S. The van der Waals surface area contributed by atoms with Gasteiger partial charge in [-0.05, 0) is 23.8 Å². The highest BCUT2D eigenvalue weighted by atomic mass is 35.5. The van der Waals surface area contributed by atoms with Gasteiger partial charge in [0.2, 0.25) is 10.0 Å². The Morgan fingerprint density at radius 2 is 2.16 bits per heavy atom. The minimum Gasteiger partial charge on any atom is -0.363 e. The Bertz CT molecular complexity index is 545. The van der Waals surface area contributed by atoms with Crippen LogP contribution in [0.15, 0.2) is 17.2 Å². The van der Waals surface area contributed by atoms with Gasteiger partial charge in [0, 0.05) is 25.0 Å². The molecule has 1 saturated heterocycles. The monoisotopic (exact) mass is 304 g/mol. The molecule has 2 rings (SSSR count). The summed E-state index contributed by atoms with van der Waals surface area (Å²) < 4.78 is 26.6. The average molecular weight is 305 g/mol. The number of nitrogens with zero attached hydrogens (tertiary/aromatic N) is 1. The molecule has 1 aromatic heterocycles. The van der Waals surface area contributed by atoms with Crippen LogP contribution in [0.25, 0.3) is 0 Å². The zero-order chi connectivity index (χ0) is 14.3. The van der Waals surface area contributed by atoms with E-state index in [-0.39, 0.29) is 5.41 Å². The van der Waals surface area contributed by atoms with Gasteiger partial charge in [-0.2, -0.15) is 4.31 Å². The highest BCUT2D eigenvalue weighted by Gasteiger charge is 2.37. The van der Waals surface area contributed by atoms with Crippen molar-refractivity contribution in [1.82, 2.24) is 9.29 Å². The fourth-order valence-electron chi connectivity index (χ4n) is 2.45. The van der Waals surface area contributed by atoms with Gasteiger partial charge in [0.05, 0.1) is 10.8 Å². The van der Waals surface area contributed by atoms with Gasteiger partial charge in [0.1, 0.15) is 0 Å². The lowest BCUT2D eigenvalue weighted by atomic mass is 9.80. The van der Waals surface area contributed by atoms with Crippen LogP contribution in [0.4, 0.5) is 0 Å². The minimum absolute atomic E-state index is 0.143. The van der Waals surface area contributed by atoms with E-state index in [0.717, 1.165) is 12.1 Å². The SMILES string of the molecule is CC(C)(C)C1CCN(S(=O)(=O)c2c[nH]c(CCl)c2)C1. The minimum atomic E-state index is -3.38. The summed E-state index contributed by atoms with van der Waals surface area (Å²) in [5.74, 6) is 0.703. The lowest BCUT2D eigenvalue weighted by Crippen LogP contribution is -2.31. The third kappa shape index (κ3) is 2.98. The van der Waals surface area contributed by atoms with E-state index in [0.29, 0.717) is 29.8 Å². The Labute approximate surface area is 120 Å². The molecule has 0 spiro atoms. The average Bonchev–Trinajstić information content (AvgIpc) is 2.98. The fourth-order valence-corrected chi connectivity index (χ4v) is 4.12. The number of aromatic amines is 1. The number of halogens is 1. The maximum Gasteiger partial charge on any atom is 0.244 e. The van der Waals surface area contributed by atoms with E-state index in [4.69, 9.17) is 11.6 Å². The Morgan fingerprint density at radius 3 is 2.63 bits per heavy atom. The summed E-state index contributed by atoms with van der Waals surface area (Å²) in [6.07, 6.45) is 2.45. The Hall–Kier alpha value is -0.520. The molecular weight excluding hydrogens is 284 g/mol. The highest BCUT2D eigenvalue weighted by molar-refractivity contribution is 7.89. The van der Waals surface area contributed by atoms with Gasteiger partial charge < -0.3 is 4.98 Å². The summed E-state index contributed by atoms with van der Waals surface area (Å²) in [5.41, 5.74) is 0.871. The largest absolute Gasteiger partial charge is 0.363 e. The van der Waals surface area contributed by atoms with Crippen molar-refractivity contribution in [2.45, 2.75) is 38.0 Å². The number of nitrogens with one attached hydrogen (secondary N) is 1. The van der Waals surface area contributed by atoms with Crippen molar-refractivity contribution in [3.05, 3.63) is 18.0 Å². The lowest BCUT2D eigenvalue weighted by molar-refractivity contribution is 0.252. The van der Waals surface area contributed by atoms with Crippen molar-refractivity contribution in [3.8, 4) is 0 Å². The van der Waals surface area contributed by atoms with Crippen molar-refractivity contribution in [2.24, 2.45) is 11.3 Å². The second-order valence-corrected chi connectivity index (χ2v) is 8.41. The number of hydrogen-bond acceptors (Lipinski definition) is 2. The molecule has 2 heterocycles. The van der Waals surface area contributed by atoms with Gasteiger partial charge >= 0.3 is 0 Å². The zero-order valence-corrected chi connectivity index (χ0v) is 13.2. The van der Waals surface area contributed by atoms with Gasteiger partial charge in [-0.25, -0.2) is 8.42 Å². The van der Waals surface area contributed by atoms with Crippen LogP contribution in [0.5, 0.6) is 0 Å². The van der Waals surface area contributed by atoms with Crippen LogP contribution in [-0.2, 0) is 15.9 Å². The maximum atomic E-state index is 12.5. The van der Waals surface area contributed by atoms with Crippen LogP contribution >= 0.6 is 11.6 Å². The molecule has 0 radical (unpaired) electrons. The van der Waals surface area contributed by atoms with Crippen LogP contribution in [0.2, 0.25) is 0 Å². The van der Waals surface area contributed by atoms with Crippen LogP contribution in [0, 0.1) is 11.3 Å². The van der Waals surface area contributed by atoms with E-state index < -0.39 is 10.0 Å². The number of alkyl halides is 1. The second kappa shape index (κ2) is 5.11. The van der Waals surface area contributed by atoms with E-state index >= 15 is 0 Å². The summed E-state index contributed by atoms with van der Waals surface area (Å²) in [5, 5.41) is 0. The molecule has 6 heteroatoms. The summed E-state index contributed by atoms with van der Waals surface area (Å²) in [6, 6.07) is 1.62. The first-order valence-electron chi connectivity index (χ1n) is 6.48. The van der Waals surface area contributed by atoms with Gasteiger partial charge in [0.15, 0.2) is 0 Å². The normalized spacial score (nSPS) is 22.0. The molecule has 19 heavy (non-hydrogen) atoms. The standard InChI is InChI=1S/C13H21ClN2O2S/c1-13(2,3)10-4-5-16(9-10)19(17,18)12-6-11(7-14)15-8-12/h6,8,10,15H,4-5,7,9H2,1-3H3. The van der Waals surface area contributed by atoms with Crippen molar-refractivity contribution in [1.29, 1.82) is 0 Å². The molecule has 1 N–H and O–H groups in total. The van der Waals surface area contributed by atoms with Gasteiger partial charge in [-0.15, -0.1) is 11.6 Å². The van der Waals surface area contributed by atoms with Crippen LogP contribution < -0.4 is 0 Å². The first-order valence-corrected chi connectivity index (χ1v) is 8.46. The van der Waals surface area contributed by atoms with Crippen molar-refractivity contribution in [2.75, 3.05) is 13.1 Å². The van der Waals surface area contributed by atoms with Gasteiger partial charge in [0.25, 0.3) is 0 Å². The summed E-state index contributed by atoms with van der Waals surface area (Å²) in [4.78, 5) is 3.21. The highest BCUT2D eigenvalue weighted by Crippen LogP contribution is 2.35. The smallest absolute Gasteiger partial charge is 0.244 e. The van der Waals surface area contributed by atoms with E-state index in [1.807, 2.05) is 0 Å². The quantitative estimate of drug-likeness (QED) is 0.873. The molecule has 0 aromatic carbocycles. The molecule has 4 nitrogen and oxygen atoms in total. The molecule has 1 atom stereocenters. The van der Waals surface area contributed by atoms with Crippen molar-refractivity contribution >= 4 is 21.6 Å². The Kier molecular flexibility index (Phi) is 4.00. The van der Waals surface area contributed by atoms with Crippen LogP contribution in [0.3, 0.4) is 0 Å². The summed E-state index contributed by atoms with van der Waals surface area (Å²) in [6.45, 7) is 7.69.